The molecule has 1 saturated heterocycles. The number of carbonyl (C=O) groups is 1. The Kier molecular flexibility index (Phi) is 6.55. The zero-order valence-electron chi connectivity index (χ0n) is 18.4. The Hall–Kier alpha value is -2.62. The van der Waals surface area contributed by atoms with Crippen molar-refractivity contribution in [2.75, 3.05) is 27.2 Å². The number of urea groups is 1. The molecule has 6 nitrogen and oxygen atoms in total. The molecule has 2 amide bonds. The van der Waals surface area contributed by atoms with Gasteiger partial charge in [-0.3, -0.25) is 15.2 Å². The SMILES string of the molecule is CCN/C(=C\C(=N)C(F)(F)F)N1C[C@]2(CC[C@](c3cccc(F)c3)(N(C)C)CC2)NC1=O. The summed E-state index contributed by atoms with van der Waals surface area (Å²) in [6.07, 6.45) is -1.68. The number of nitrogens with one attached hydrogen (secondary N) is 3. The van der Waals surface area contributed by atoms with Crippen LogP contribution in [0.2, 0.25) is 0 Å². The summed E-state index contributed by atoms with van der Waals surface area (Å²) < 4.78 is 52.6. The number of hydrogen-bond acceptors (Lipinski definition) is 4. The molecule has 3 N–H and O–H groups in total. The van der Waals surface area contributed by atoms with Gasteiger partial charge in [-0.05, 0) is 64.4 Å². The first-order valence-corrected chi connectivity index (χ1v) is 10.6. The van der Waals surface area contributed by atoms with E-state index in [2.05, 4.69) is 15.5 Å². The molecule has 1 heterocycles. The van der Waals surface area contributed by atoms with E-state index in [0.29, 0.717) is 38.3 Å². The van der Waals surface area contributed by atoms with Gasteiger partial charge in [0, 0.05) is 18.2 Å². The smallest absolute Gasteiger partial charge is 0.372 e. The van der Waals surface area contributed by atoms with E-state index < -0.39 is 29.0 Å². The lowest BCUT2D eigenvalue weighted by Crippen LogP contribution is -2.54. The van der Waals surface area contributed by atoms with Gasteiger partial charge < -0.3 is 10.6 Å². The molecule has 0 unspecified atom stereocenters. The van der Waals surface area contributed by atoms with Crippen LogP contribution < -0.4 is 10.6 Å². The molecule has 1 aliphatic carbocycles. The van der Waals surface area contributed by atoms with Gasteiger partial charge in [-0.25, -0.2) is 9.18 Å². The van der Waals surface area contributed by atoms with Crippen LogP contribution in [-0.4, -0.2) is 60.4 Å². The third-order valence-electron chi connectivity index (χ3n) is 6.57. The third-order valence-corrected chi connectivity index (χ3v) is 6.57. The fraction of sp³-hybridized carbons (Fsp3) is 0.545. The summed E-state index contributed by atoms with van der Waals surface area (Å²) in [6.45, 7) is 2.21. The van der Waals surface area contributed by atoms with E-state index in [4.69, 9.17) is 5.41 Å². The molecule has 2 aliphatic rings. The molecular weight excluding hydrogens is 426 g/mol. The number of amides is 2. The van der Waals surface area contributed by atoms with Crippen molar-refractivity contribution in [1.29, 1.82) is 5.41 Å². The molecular formula is C22H29F4N5O. The lowest BCUT2D eigenvalue weighted by molar-refractivity contribution is -0.0585. The van der Waals surface area contributed by atoms with Crippen LogP contribution in [-0.2, 0) is 5.54 Å². The lowest BCUT2D eigenvalue weighted by Gasteiger charge is -2.48. The van der Waals surface area contributed by atoms with Gasteiger partial charge in [-0.2, -0.15) is 13.2 Å². The van der Waals surface area contributed by atoms with Crippen molar-refractivity contribution in [3.05, 3.63) is 47.5 Å². The summed E-state index contributed by atoms with van der Waals surface area (Å²) in [5, 5.41) is 13.0. The second kappa shape index (κ2) is 8.73. The minimum absolute atomic E-state index is 0.0428. The van der Waals surface area contributed by atoms with Crippen LogP contribution in [0.25, 0.3) is 0 Å². The third kappa shape index (κ3) is 4.60. The largest absolute Gasteiger partial charge is 0.432 e. The van der Waals surface area contributed by atoms with Crippen molar-refractivity contribution in [3.63, 3.8) is 0 Å². The predicted octanol–water partition coefficient (Wildman–Crippen LogP) is 3.95. The van der Waals surface area contributed by atoms with Gasteiger partial charge in [0.1, 0.15) is 17.3 Å². The maximum absolute atomic E-state index is 13.9. The van der Waals surface area contributed by atoms with E-state index in [1.165, 1.54) is 17.0 Å². The number of hydrogen-bond donors (Lipinski definition) is 3. The van der Waals surface area contributed by atoms with Crippen LogP contribution in [0.4, 0.5) is 22.4 Å². The van der Waals surface area contributed by atoms with Crippen LogP contribution in [0.15, 0.2) is 36.2 Å². The summed E-state index contributed by atoms with van der Waals surface area (Å²) in [7, 11) is 3.88. The highest BCUT2D eigenvalue weighted by Gasteiger charge is 2.51. The van der Waals surface area contributed by atoms with E-state index in [-0.39, 0.29) is 18.2 Å². The molecule has 1 saturated carbocycles. The quantitative estimate of drug-likeness (QED) is 0.449. The molecule has 32 heavy (non-hydrogen) atoms. The van der Waals surface area contributed by atoms with Gasteiger partial charge in [0.15, 0.2) is 0 Å². The molecule has 0 aromatic heterocycles. The zero-order chi connectivity index (χ0) is 23.7. The Morgan fingerprint density at radius 1 is 1.28 bits per heavy atom. The average molecular weight is 456 g/mol. The summed E-state index contributed by atoms with van der Waals surface area (Å²) in [4.78, 5) is 16.0. The molecule has 0 radical (unpaired) electrons. The van der Waals surface area contributed by atoms with Gasteiger partial charge in [0.25, 0.3) is 0 Å². The number of benzene rings is 1. The highest BCUT2D eigenvalue weighted by Crippen LogP contribution is 2.46. The lowest BCUT2D eigenvalue weighted by atomic mass is 9.69. The van der Waals surface area contributed by atoms with Gasteiger partial charge in [-0.1, -0.05) is 12.1 Å². The van der Waals surface area contributed by atoms with E-state index in [1.807, 2.05) is 20.2 Å². The van der Waals surface area contributed by atoms with Gasteiger partial charge in [0.05, 0.1) is 12.1 Å². The average Bonchev–Trinajstić information content (AvgIpc) is 3.03. The number of carbonyl (C=O) groups excluding carboxylic acids is 1. The fourth-order valence-corrected chi connectivity index (χ4v) is 4.72. The second-order valence-corrected chi connectivity index (χ2v) is 8.70. The Balaban J connectivity index is 1.82. The van der Waals surface area contributed by atoms with Crippen LogP contribution in [0, 0.1) is 11.2 Å². The van der Waals surface area contributed by atoms with Crippen molar-refractivity contribution >= 4 is 11.7 Å². The topological polar surface area (TPSA) is 71.5 Å². The number of allylic oxidation sites excluding steroid dienone is 1. The van der Waals surface area contributed by atoms with E-state index in [0.717, 1.165) is 5.56 Å². The Morgan fingerprint density at radius 3 is 2.47 bits per heavy atom. The standard InChI is InChI=1S/C22H29F4N5O/c1-4-28-18(13-17(27)22(24,25)26)31-14-20(29-19(31)32)8-10-21(11-9-20,30(2)3)15-6-5-7-16(23)12-15/h5-7,12-13,27-28H,4,8-11,14H2,1-3H3,(H,29,32)/b18-13+,27-17?/t20-,21+. The highest BCUT2D eigenvalue weighted by atomic mass is 19.4. The summed E-state index contributed by atoms with van der Waals surface area (Å²) in [6, 6.07) is 6.03. The molecule has 3 rings (SSSR count). The molecule has 10 heteroatoms. The number of nitrogens with zero attached hydrogens (tertiary/aromatic N) is 2. The fourth-order valence-electron chi connectivity index (χ4n) is 4.72. The van der Waals surface area contributed by atoms with E-state index in [1.54, 1.807) is 13.0 Å². The van der Waals surface area contributed by atoms with Crippen LogP contribution in [0.5, 0.6) is 0 Å². The Bertz CT molecular complexity index is 904. The molecule has 1 aromatic carbocycles. The molecule has 0 atom stereocenters. The van der Waals surface area contributed by atoms with Crippen molar-refractivity contribution in [2.45, 2.75) is 49.9 Å². The first kappa shape index (κ1) is 24.0. The number of halogens is 4. The van der Waals surface area contributed by atoms with Crippen LogP contribution in [0.1, 0.15) is 38.2 Å². The molecule has 0 bridgehead atoms. The maximum atomic E-state index is 13.9. The zero-order valence-corrected chi connectivity index (χ0v) is 18.4. The van der Waals surface area contributed by atoms with Crippen LogP contribution in [0.3, 0.4) is 0 Å². The summed E-state index contributed by atoms with van der Waals surface area (Å²) in [5.41, 5.74) is -1.66. The van der Waals surface area contributed by atoms with Crippen molar-refractivity contribution in [2.24, 2.45) is 0 Å². The number of rotatable bonds is 6. The monoisotopic (exact) mass is 455 g/mol. The Morgan fingerprint density at radius 2 is 1.94 bits per heavy atom. The summed E-state index contributed by atoms with van der Waals surface area (Å²) >= 11 is 0. The normalized spacial score (nSPS) is 26.6. The predicted molar refractivity (Wildman–Crippen MR) is 114 cm³/mol. The minimum atomic E-state index is -4.80. The van der Waals surface area contributed by atoms with Gasteiger partial charge in [-0.15, -0.1) is 0 Å². The first-order chi connectivity index (χ1) is 14.9. The second-order valence-electron chi connectivity index (χ2n) is 8.70. The Labute approximate surface area is 185 Å². The molecule has 1 aliphatic heterocycles. The molecule has 1 aromatic rings. The molecule has 2 fully saturated rings. The van der Waals surface area contributed by atoms with Crippen molar-refractivity contribution < 1.29 is 22.4 Å². The first-order valence-electron chi connectivity index (χ1n) is 10.6. The van der Waals surface area contributed by atoms with Crippen molar-refractivity contribution in [3.8, 4) is 0 Å². The van der Waals surface area contributed by atoms with Crippen LogP contribution >= 0.6 is 0 Å². The van der Waals surface area contributed by atoms with Crippen molar-refractivity contribution in [1.82, 2.24) is 20.4 Å². The number of alkyl halides is 3. The maximum Gasteiger partial charge on any atom is 0.432 e. The van der Waals surface area contributed by atoms with Gasteiger partial charge in [0.2, 0.25) is 0 Å². The molecule has 1 spiro atoms. The molecule has 176 valence electrons. The minimum Gasteiger partial charge on any atom is -0.372 e. The highest BCUT2D eigenvalue weighted by molar-refractivity contribution is 5.97. The van der Waals surface area contributed by atoms with Gasteiger partial charge >= 0.3 is 12.2 Å². The summed E-state index contributed by atoms with van der Waals surface area (Å²) in [5.74, 6) is -0.351. The van der Waals surface area contributed by atoms with E-state index in [9.17, 15) is 22.4 Å². The van der Waals surface area contributed by atoms with E-state index >= 15 is 0 Å².